The summed E-state index contributed by atoms with van der Waals surface area (Å²) in [6.45, 7) is 0.375. The van der Waals surface area contributed by atoms with Crippen molar-refractivity contribution in [2.24, 2.45) is 5.92 Å². The maximum absolute atomic E-state index is 11.9. The SMILES string of the molecule is O=C(Cl)C1CC(=O)N(c2ccc3ccccc3c2)C1. The van der Waals surface area contributed by atoms with E-state index in [4.69, 9.17) is 11.6 Å². The van der Waals surface area contributed by atoms with E-state index in [1.165, 1.54) is 0 Å². The van der Waals surface area contributed by atoms with E-state index in [0.29, 0.717) is 6.54 Å². The normalized spacial score (nSPS) is 19.1. The van der Waals surface area contributed by atoms with E-state index >= 15 is 0 Å². The summed E-state index contributed by atoms with van der Waals surface area (Å²) in [5, 5.41) is 1.77. The molecule has 0 aromatic heterocycles. The molecule has 3 nitrogen and oxygen atoms in total. The number of benzene rings is 2. The Balaban J connectivity index is 1.96. The van der Waals surface area contributed by atoms with E-state index in [0.717, 1.165) is 16.5 Å². The van der Waals surface area contributed by atoms with Crippen molar-refractivity contribution in [1.29, 1.82) is 0 Å². The number of fused-ring (bicyclic) bond motifs is 1. The summed E-state index contributed by atoms with van der Waals surface area (Å²) >= 11 is 5.48. The summed E-state index contributed by atoms with van der Waals surface area (Å²) in [5.74, 6) is -0.435. The number of hydrogen-bond donors (Lipinski definition) is 0. The molecule has 1 fully saturated rings. The average Bonchev–Trinajstić information content (AvgIpc) is 2.80. The van der Waals surface area contributed by atoms with Crippen LogP contribution in [0.5, 0.6) is 0 Å². The molecule has 0 saturated carbocycles. The van der Waals surface area contributed by atoms with Crippen molar-refractivity contribution in [2.75, 3.05) is 11.4 Å². The predicted molar refractivity (Wildman–Crippen MR) is 75.3 cm³/mol. The largest absolute Gasteiger partial charge is 0.312 e. The summed E-state index contributed by atoms with van der Waals surface area (Å²) in [6.07, 6.45) is 0.204. The lowest BCUT2D eigenvalue weighted by Gasteiger charge is -2.16. The van der Waals surface area contributed by atoms with E-state index in [-0.39, 0.29) is 18.2 Å². The van der Waals surface area contributed by atoms with E-state index < -0.39 is 5.24 Å². The monoisotopic (exact) mass is 273 g/mol. The van der Waals surface area contributed by atoms with Crippen LogP contribution >= 0.6 is 11.6 Å². The second kappa shape index (κ2) is 4.67. The molecule has 0 radical (unpaired) electrons. The first-order valence-electron chi connectivity index (χ1n) is 6.13. The van der Waals surface area contributed by atoms with E-state index in [2.05, 4.69) is 0 Å². The van der Waals surface area contributed by atoms with Crippen LogP contribution in [0.4, 0.5) is 5.69 Å². The van der Waals surface area contributed by atoms with Gasteiger partial charge in [-0.25, -0.2) is 0 Å². The maximum atomic E-state index is 11.9. The van der Waals surface area contributed by atoms with Crippen LogP contribution in [0.1, 0.15) is 6.42 Å². The van der Waals surface area contributed by atoms with Gasteiger partial charge in [0.1, 0.15) is 0 Å². The smallest absolute Gasteiger partial charge is 0.227 e. The number of carbonyl (C=O) groups is 2. The molecule has 2 aromatic rings. The first-order valence-corrected chi connectivity index (χ1v) is 6.51. The highest BCUT2D eigenvalue weighted by Gasteiger charge is 2.34. The Morgan fingerprint density at radius 2 is 1.89 bits per heavy atom. The van der Waals surface area contributed by atoms with Crippen molar-refractivity contribution in [3.63, 3.8) is 0 Å². The van der Waals surface area contributed by atoms with Crippen LogP contribution in [-0.2, 0) is 9.59 Å². The number of carbonyl (C=O) groups excluding carboxylic acids is 2. The molecule has 0 bridgehead atoms. The lowest BCUT2D eigenvalue weighted by molar-refractivity contribution is -0.120. The Hall–Kier alpha value is -1.87. The van der Waals surface area contributed by atoms with E-state index in [1.807, 2.05) is 42.5 Å². The molecule has 0 spiro atoms. The highest BCUT2D eigenvalue weighted by Crippen LogP contribution is 2.28. The molecule has 1 unspecified atom stereocenters. The second-order valence-corrected chi connectivity index (χ2v) is 5.11. The number of nitrogens with zero attached hydrogens (tertiary/aromatic N) is 1. The van der Waals surface area contributed by atoms with Gasteiger partial charge in [-0.05, 0) is 34.5 Å². The zero-order valence-corrected chi connectivity index (χ0v) is 10.9. The van der Waals surface area contributed by atoms with Gasteiger partial charge >= 0.3 is 0 Å². The number of hydrogen-bond acceptors (Lipinski definition) is 2. The molecular weight excluding hydrogens is 262 g/mol. The molecule has 0 N–H and O–H groups in total. The zero-order chi connectivity index (χ0) is 13.4. The van der Waals surface area contributed by atoms with Crippen LogP contribution in [0, 0.1) is 5.92 Å². The predicted octanol–water partition coefficient (Wildman–Crippen LogP) is 2.96. The highest BCUT2D eigenvalue weighted by molar-refractivity contribution is 6.64. The number of halogens is 1. The Bertz CT molecular complexity index is 668. The molecule has 3 rings (SSSR count). The molecule has 1 heterocycles. The number of rotatable bonds is 2. The number of anilines is 1. The van der Waals surface area contributed by atoms with Crippen LogP contribution in [0.3, 0.4) is 0 Å². The summed E-state index contributed by atoms with van der Waals surface area (Å²) in [7, 11) is 0. The zero-order valence-electron chi connectivity index (χ0n) is 10.2. The summed E-state index contributed by atoms with van der Waals surface area (Å²) in [5.41, 5.74) is 0.823. The third-order valence-electron chi connectivity index (χ3n) is 3.49. The minimum atomic E-state index is -0.434. The Labute approximate surface area is 115 Å². The van der Waals surface area contributed by atoms with Crippen LogP contribution in [0.15, 0.2) is 42.5 Å². The third-order valence-corrected chi connectivity index (χ3v) is 3.80. The van der Waals surface area contributed by atoms with Crippen molar-refractivity contribution in [3.05, 3.63) is 42.5 Å². The molecule has 19 heavy (non-hydrogen) atoms. The fraction of sp³-hybridized carbons (Fsp3) is 0.200. The topological polar surface area (TPSA) is 37.4 Å². The van der Waals surface area contributed by atoms with Gasteiger partial charge in [-0.15, -0.1) is 0 Å². The van der Waals surface area contributed by atoms with Gasteiger partial charge in [0, 0.05) is 18.7 Å². The molecule has 96 valence electrons. The van der Waals surface area contributed by atoms with E-state index in [9.17, 15) is 9.59 Å². The summed E-state index contributed by atoms with van der Waals surface area (Å²) < 4.78 is 0. The second-order valence-electron chi connectivity index (χ2n) is 4.74. The highest BCUT2D eigenvalue weighted by atomic mass is 35.5. The van der Waals surface area contributed by atoms with Gasteiger partial charge in [0.15, 0.2) is 0 Å². The first-order chi connectivity index (χ1) is 9.15. The molecule has 0 aliphatic carbocycles. The summed E-state index contributed by atoms with van der Waals surface area (Å²) in [6, 6.07) is 13.8. The van der Waals surface area contributed by atoms with Gasteiger partial charge < -0.3 is 4.90 Å². The average molecular weight is 274 g/mol. The van der Waals surface area contributed by atoms with Gasteiger partial charge in [0.2, 0.25) is 11.1 Å². The molecule has 1 amide bonds. The van der Waals surface area contributed by atoms with Crippen molar-refractivity contribution < 1.29 is 9.59 Å². The third kappa shape index (κ3) is 2.22. The Morgan fingerprint density at radius 1 is 1.16 bits per heavy atom. The van der Waals surface area contributed by atoms with Gasteiger partial charge in [-0.3, -0.25) is 9.59 Å². The van der Waals surface area contributed by atoms with E-state index in [1.54, 1.807) is 4.90 Å². The lowest BCUT2D eigenvalue weighted by atomic mass is 10.1. The standard InChI is InChI=1S/C15H12ClNO2/c16-15(19)12-8-14(18)17(9-12)13-6-5-10-3-1-2-4-11(10)7-13/h1-7,12H,8-9H2. The quantitative estimate of drug-likeness (QED) is 0.789. The molecule has 2 aromatic carbocycles. The lowest BCUT2D eigenvalue weighted by Crippen LogP contribution is -2.25. The molecule has 4 heteroatoms. The van der Waals surface area contributed by atoms with Gasteiger partial charge in [0.25, 0.3) is 0 Å². The van der Waals surface area contributed by atoms with Crippen molar-refractivity contribution >= 4 is 39.2 Å². The molecule has 1 aliphatic rings. The maximum Gasteiger partial charge on any atom is 0.227 e. The Morgan fingerprint density at radius 3 is 2.58 bits per heavy atom. The molecule has 1 atom stereocenters. The molecular formula is C15H12ClNO2. The minimum Gasteiger partial charge on any atom is -0.312 e. The summed E-state index contributed by atoms with van der Waals surface area (Å²) in [4.78, 5) is 24.7. The van der Waals surface area contributed by atoms with Crippen LogP contribution < -0.4 is 4.90 Å². The fourth-order valence-corrected chi connectivity index (χ4v) is 2.60. The van der Waals surface area contributed by atoms with Crippen molar-refractivity contribution in [3.8, 4) is 0 Å². The van der Waals surface area contributed by atoms with Crippen LogP contribution in [0.2, 0.25) is 0 Å². The van der Waals surface area contributed by atoms with Crippen LogP contribution in [-0.4, -0.2) is 17.7 Å². The minimum absolute atomic E-state index is 0.0470. The van der Waals surface area contributed by atoms with Crippen molar-refractivity contribution in [1.82, 2.24) is 0 Å². The number of amides is 1. The van der Waals surface area contributed by atoms with Crippen LogP contribution in [0.25, 0.3) is 10.8 Å². The molecule has 1 aliphatic heterocycles. The van der Waals surface area contributed by atoms with Crippen molar-refractivity contribution in [2.45, 2.75) is 6.42 Å². The van der Waals surface area contributed by atoms with Gasteiger partial charge in [-0.1, -0.05) is 30.3 Å². The molecule has 1 saturated heterocycles. The van der Waals surface area contributed by atoms with Gasteiger partial charge in [-0.2, -0.15) is 0 Å². The van der Waals surface area contributed by atoms with Gasteiger partial charge in [0.05, 0.1) is 5.92 Å². The fourth-order valence-electron chi connectivity index (χ4n) is 2.45. The first kappa shape index (κ1) is 12.2. The Kier molecular flexibility index (Phi) is 2.99.